The average molecular weight is 379 g/mol. The third kappa shape index (κ3) is 3.19. The van der Waals surface area contributed by atoms with Gasteiger partial charge in [-0.05, 0) is 18.9 Å². The fraction of sp³-hybridized carbons (Fsp3) is 0.368. The summed E-state index contributed by atoms with van der Waals surface area (Å²) in [6.45, 7) is 1.27. The van der Waals surface area contributed by atoms with Gasteiger partial charge in [-0.3, -0.25) is 4.40 Å². The summed E-state index contributed by atoms with van der Waals surface area (Å²) in [6, 6.07) is 2.37. The SMILES string of the molecule is COCCO[C@H]1C[C@@H](Nc2ncc3c(-c4cnc5nccn5c4)ccn3n2)C1. The van der Waals surface area contributed by atoms with Crippen LogP contribution in [0.15, 0.2) is 43.2 Å². The molecule has 0 saturated heterocycles. The van der Waals surface area contributed by atoms with Gasteiger partial charge in [-0.15, -0.1) is 5.10 Å². The van der Waals surface area contributed by atoms with E-state index in [1.54, 1.807) is 13.3 Å². The maximum absolute atomic E-state index is 5.71. The summed E-state index contributed by atoms with van der Waals surface area (Å²) in [6.07, 6.45) is 13.4. The summed E-state index contributed by atoms with van der Waals surface area (Å²) in [5.41, 5.74) is 2.96. The predicted molar refractivity (Wildman–Crippen MR) is 103 cm³/mol. The average Bonchev–Trinajstić information content (AvgIpc) is 3.31. The molecule has 0 amide bonds. The predicted octanol–water partition coefficient (Wildman–Crippen LogP) is 2.04. The normalized spacial score (nSPS) is 19.2. The minimum absolute atomic E-state index is 0.292. The Morgan fingerprint density at radius 1 is 1.14 bits per heavy atom. The Balaban J connectivity index is 1.29. The number of imidazole rings is 1. The molecule has 0 atom stereocenters. The molecule has 0 aliphatic heterocycles. The maximum Gasteiger partial charge on any atom is 0.241 e. The number of hydrogen-bond acceptors (Lipinski definition) is 7. The third-order valence-electron chi connectivity index (χ3n) is 5.04. The van der Waals surface area contributed by atoms with Gasteiger partial charge in [0.25, 0.3) is 0 Å². The van der Waals surface area contributed by atoms with Gasteiger partial charge in [0.15, 0.2) is 0 Å². The Hall–Kier alpha value is -3.04. The smallest absolute Gasteiger partial charge is 0.241 e. The molecule has 0 unspecified atom stereocenters. The molecule has 1 fully saturated rings. The van der Waals surface area contributed by atoms with Crippen LogP contribution in [-0.4, -0.2) is 61.4 Å². The molecule has 4 aromatic rings. The molecular weight excluding hydrogens is 358 g/mol. The number of methoxy groups -OCH3 is 1. The number of nitrogens with zero attached hydrogens (tertiary/aromatic N) is 6. The van der Waals surface area contributed by atoms with E-state index in [4.69, 9.17) is 9.47 Å². The van der Waals surface area contributed by atoms with Crippen molar-refractivity contribution in [1.82, 2.24) is 29.0 Å². The summed E-state index contributed by atoms with van der Waals surface area (Å²) in [7, 11) is 1.68. The minimum atomic E-state index is 0.292. The monoisotopic (exact) mass is 379 g/mol. The van der Waals surface area contributed by atoms with Crippen LogP contribution in [-0.2, 0) is 9.47 Å². The zero-order chi connectivity index (χ0) is 18.9. The molecule has 0 radical (unpaired) electrons. The topological polar surface area (TPSA) is 90.9 Å². The third-order valence-corrected chi connectivity index (χ3v) is 5.04. The van der Waals surface area contributed by atoms with E-state index in [2.05, 4.69) is 25.4 Å². The summed E-state index contributed by atoms with van der Waals surface area (Å²) in [5.74, 6) is 1.30. The van der Waals surface area contributed by atoms with E-state index in [1.165, 1.54) is 0 Å². The standard InChI is InChI=1S/C19H21N7O2/c1-27-6-7-28-15-8-14(9-15)23-18-21-11-17-16(2-4-26(17)24-18)13-10-22-19-20-3-5-25(19)12-13/h2-5,10-12,14-15H,6-9H2,1H3,(H,23,24)/t14-,15+. The molecule has 0 spiro atoms. The maximum atomic E-state index is 5.71. The highest BCUT2D eigenvalue weighted by Crippen LogP contribution is 2.27. The second-order valence-electron chi connectivity index (χ2n) is 6.92. The quantitative estimate of drug-likeness (QED) is 0.491. The van der Waals surface area contributed by atoms with Crippen molar-refractivity contribution in [1.29, 1.82) is 0 Å². The zero-order valence-electron chi connectivity index (χ0n) is 15.5. The van der Waals surface area contributed by atoms with Crippen molar-refractivity contribution in [3.63, 3.8) is 0 Å². The number of nitrogens with one attached hydrogen (secondary N) is 1. The van der Waals surface area contributed by atoms with Gasteiger partial charge in [0.05, 0.1) is 31.0 Å². The molecule has 1 N–H and O–H groups in total. The van der Waals surface area contributed by atoms with E-state index in [0.29, 0.717) is 37.1 Å². The summed E-state index contributed by atoms with van der Waals surface area (Å²) >= 11 is 0. The zero-order valence-corrected chi connectivity index (χ0v) is 15.5. The van der Waals surface area contributed by atoms with Crippen molar-refractivity contribution in [2.24, 2.45) is 0 Å². The Kier molecular flexibility index (Phi) is 4.38. The van der Waals surface area contributed by atoms with E-state index in [-0.39, 0.29) is 0 Å². The fourth-order valence-electron chi connectivity index (χ4n) is 3.47. The second-order valence-corrected chi connectivity index (χ2v) is 6.92. The van der Waals surface area contributed by atoms with Gasteiger partial charge in [0.2, 0.25) is 11.7 Å². The summed E-state index contributed by atoms with van der Waals surface area (Å²) < 4.78 is 14.5. The lowest BCUT2D eigenvalue weighted by molar-refractivity contribution is -0.0261. The van der Waals surface area contributed by atoms with Crippen LogP contribution >= 0.6 is 0 Å². The van der Waals surface area contributed by atoms with Crippen LogP contribution in [0.2, 0.25) is 0 Å². The van der Waals surface area contributed by atoms with Crippen LogP contribution in [0.3, 0.4) is 0 Å². The van der Waals surface area contributed by atoms with Crippen LogP contribution in [0, 0.1) is 0 Å². The molecule has 9 nitrogen and oxygen atoms in total. The first-order valence-corrected chi connectivity index (χ1v) is 9.31. The molecular formula is C19H21N7O2. The van der Waals surface area contributed by atoms with Gasteiger partial charge in [-0.25, -0.2) is 19.5 Å². The van der Waals surface area contributed by atoms with Gasteiger partial charge in [-0.2, -0.15) is 0 Å². The lowest BCUT2D eigenvalue weighted by Crippen LogP contribution is -2.41. The van der Waals surface area contributed by atoms with E-state index in [0.717, 1.165) is 29.5 Å². The van der Waals surface area contributed by atoms with Gasteiger partial charge < -0.3 is 14.8 Å². The molecule has 5 rings (SSSR count). The van der Waals surface area contributed by atoms with Crippen molar-refractivity contribution >= 4 is 17.2 Å². The molecule has 1 saturated carbocycles. The number of rotatable bonds is 7. The van der Waals surface area contributed by atoms with Crippen molar-refractivity contribution in [3.05, 3.63) is 43.2 Å². The van der Waals surface area contributed by atoms with Gasteiger partial charge in [0, 0.05) is 55.3 Å². The fourth-order valence-corrected chi connectivity index (χ4v) is 3.47. The Labute approximate surface area is 161 Å². The highest BCUT2D eigenvalue weighted by Gasteiger charge is 2.30. The number of fused-ring (bicyclic) bond motifs is 2. The van der Waals surface area contributed by atoms with Crippen LogP contribution in [0.25, 0.3) is 22.4 Å². The van der Waals surface area contributed by atoms with Crippen molar-refractivity contribution in [2.45, 2.75) is 25.0 Å². The van der Waals surface area contributed by atoms with E-state index in [1.807, 2.05) is 46.0 Å². The minimum Gasteiger partial charge on any atom is -0.382 e. The first kappa shape index (κ1) is 17.1. The summed E-state index contributed by atoms with van der Waals surface area (Å²) in [5, 5.41) is 7.97. The van der Waals surface area contributed by atoms with Gasteiger partial charge >= 0.3 is 0 Å². The molecule has 28 heavy (non-hydrogen) atoms. The lowest BCUT2D eigenvalue weighted by atomic mass is 9.89. The largest absolute Gasteiger partial charge is 0.382 e. The Morgan fingerprint density at radius 3 is 2.96 bits per heavy atom. The van der Waals surface area contributed by atoms with Crippen LogP contribution in [0.4, 0.5) is 5.95 Å². The first-order valence-electron chi connectivity index (χ1n) is 9.31. The van der Waals surface area contributed by atoms with Crippen LogP contribution in [0.1, 0.15) is 12.8 Å². The van der Waals surface area contributed by atoms with Crippen molar-refractivity contribution < 1.29 is 9.47 Å². The van der Waals surface area contributed by atoms with E-state index in [9.17, 15) is 0 Å². The summed E-state index contributed by atoms with van der Waals surface area (Å²) in [4.78, 5) is 13.1. The van der Waals surface area contributed by atoms with Crippen LogP contribution < -0.4 is 5.32 Å². The van der Waals surface area contributed by atoms with Gasteiger partial charge in [-0.1, -0.05) is 0 Å². The first-order chi connectivity index (χ1) is 13.8. The molecule has 0 bridgehead atoms. The Bertz CT molecular complexity index is 1100. The highest BCUT2D eigenvalue weighted by molar-refractivity contribution is 5.79. The van der Waals surface area contributed by atoms with E-state index < -0.39 is 0 Å². The molecule has 9 heteroatoms. The number of aromatic nitrogens is 6. The Morgan fingerprint density at radius 2 is 2.07 bits per heavy atom. The number of ether oxygens (including phenoxy) is 2. The van der Waals surface area contributed by atoms with Crippen LogP contribution in [0.5, 0.6) is 0 Å². The van der Waals surface area contributed by atoms with Crippen molar-refractivity contribution in [3.8, 4) is 11.1 Å². The molecule has 0 aromatic carbocycles. The van der Waals surface area contributed by atoms with Crippen molar-refractivity contribution in [2.75, 3.05) is 25.6 Å². The molecule has 4 aromatic heterocycles. The lowest BCUT2D eigenvalue weighted by Gasteiger charge is -2.35. The van der Waals surface area contributed by atoms with Gasteiger partial charge in [0.1, 0.15) is 0 Å². The number of anilines is 1. The van der Waals surface area contributed by atoms with E-state index >= 15 is 0 Å². The highest BCUT2D eigenvalue weighted by atomic mass is 16.5. The number of hydrogen-bond donors (Lipinski definition) is 1. The molecule has 144 valence electrons. The molecule has 1 aliphatic carbocycles. The second kappa shape index (κ2) is 7.17. The molecule has 4 heterocycles. The molecule has 1 aliphatic rings.